The van der Waals surface area contributed by atoms with Crippen molar-refractivity contribution in [2.45, 2.75) is 44.4 Å². The highest BCUT2D eigenvalue weighted by Gasteiger charge is 2.32. The van der Waals surface area contributed by atoms with Gasteiger partial charge in [0.2, 0.25) is 0 Å². The molecule has 1 aromatic carbocycles. The van der Waals surface area contributed by atoms with Gasteiger partial charge in [-0.3, -0.25) is 0 Å². The van der Waals surface area contributed by atoms with Crippen LogP contribution in [-0.2, 0) is 17.8 Å². The van der Waals surface area contributed by atoms with Crippen molar-refractivity contribution in [1.29, 1.82) is 5.26 Å². The number of nitrogens with zero attached hydrogens (tertiary/aromatic N) is 1. The molecule has 96 valence electrons. The van der Waals surface area contributed by atoms with Gasteiger partial charge in [0.15, 0.2) is 0 Å². The molecule has 1 aromatic rings. The summed E-state index contributed by atoms with van der Waals surface area (Å²) in [5, 5.41) is 8.87. The van der Waals surface area contributed by atoms with E-state index in [4.69, 9.17) is 5.26 Å². The highest BCUT2D eigenvalue weighted by molar-refractivity contribution is 7.90. The van der Waals surface area contributed by atoms with E-state index in [2.05, 4.69) is 10.8 Å². The lowest BCUT2D eigenvalue weighted by Crippen LogP contribution is -2.40. The van der Waals surface area contributed by atoms with Crippen LogP contribution in [0.4, 0.5) is 0 Å². The maximum Gasteiger partial charge on any atom is 0.136 e. The van der Waals surface area contributed by atoms with Crippen LogP contribution in [0.25, 0.3) is 0 Å². The molecule has 2 atom stereocenters. The van der Waals surface area contributed by atoms with E-state index in [1.165, 1.54) is 11.1 Å². The Morgan fingerprint density at radius 3 is 2.78 bits per heavy atom. The van der Waals surface area contributed by atoms with Gasteiger partial charge in [-0.15, -0.1) is 4.72 Å². The number of fused-ring (bicyclic) bond motifs is 1. The van der Waals surface area contributed by atoms with Gasteiger partial charge >= 0.3 is 0 Å². The Morgan fingerprint density at radius 2 is 2.17 bits per heavy atom. The maximum atomic E-state index is 12.1. The van der Waals surface area contributed by atoms with Crippen LogP contribution in [-0.4, -0.2) is 9.30 Å². The molecule has 0 fully saturated rings. The Labute approximate surface area is 112 Å². The van der Waals surface area contributed by atoms with E-state index in [1.807, 2.05) is 39.0 Å². The number of hydrogen-bond donors (Lipinski definition) is 1. The smallest absolute Gasteiger partial charge is 0.136 e. The summed E-state index contributed by atoms with van der Waals surface area (Å²) in [6, 6.07) is 8.06. The quantitative estimate of drug-likeness (QED) is 0.833. The third-order valence-corrected chi connectivity index (χ3v) is 4.77. The zero-order chi connectivity index (χ0) is 13.3. The molecule has 3 nitrogen and oxygen atoms in total. The second kappa shape index (κ2) is 4.93. The lowest BCUT2D eigenvalue weighted by molar-refractivity contribution is 0.522. The molecule has 0 amide bonds. The molecule has 1 N–H and O–H groups in total. The molecule has 1 aliphatic carbocycles. The van der Waals surface area contributed by atoms with E-state index in [0.29, 0.717) is 5.56 Å². The highest BCUT2D eigenvalue weighted by Crippen LogP contribution is 2.33. The van der Waals surface area contributed by atoms with Crippen molar-refractivity contribution in [3.05, 3.63) is 34.9 Å². The number of rotatable bonds is 2. The van der Waals surface area contributed by atoms with Gasteiger partial charge in [0.25, 0.3) is 0 Å². The SMILES string of the molecule is CC(C)(C)[S+]([O-])N[C@@H]1CCc2cc(C#N)ccc21. The summed E-state index contributed by atoms with van der Waals surface area (Å²) in [6.45, 7) is 5.89. The first-order valence-corrected chi connectivity index (χ1v) is 7.28. The largest absolute Gasteiger partial charge is 0.598 e. The van der Waals surface area contributed by atoms with Gasteiger partial charge in [-0.2, -0.15) is 5.26 Å². The monoisotopic (exact) mass is 262 g/mol. The first-order valence-electron chi connectivity index (χ1n) is 6.13. The van der Waals surface area contributed by atoms with E-state index in [9.17, 15) is 4.55 Å². The fourth-order valence-corrected chi connectivity index (χ4v) is 2.97. The molecule has 0 bridgehead atoms. The average molecular weight is 262 g/mol. The minimum absolute atomic E-state index is 0.146. The Kier molecular flexibility index (Phi) is 3.67. The molecule has 0 spiro atoms. The zero-order valence-electron chi connectivity index (χ0n) is 11.0. The minimum atomic E-state index is -1.06. The molecule has 0 heterocycles. The molecule has 0 saturated carbocycles. The molecule has 2 rings (SSSR count). The second-order valence-electron chi connectivity index (χ2n) is 5.62. The van der Waals surface area contributed by atoms with Crippen LogP contribution in [0.1, 0.15) is 49.9 Å². The van der Waals surface area contributed by atoms with Crippen molar-refractivity contribution < 1.29 is 4.55 Å². The van der Waals surface area contributed by atoms with E-state index in [-0.39, 0.29) is 10.8 Å². The first kappa shape index (κ1) is 13.4. The van der Waals surface area contributed by atoms with Gasteiger partial charge in [-0.05, 0) is 56.9 Å². The van der Waals surface area contributed by atoms with Crippen LogP contribution in [0.5, 0.6) is 0 Å². The third kappa shape index (κ3) is 2.69. The molecule has 4 heteroatoms. The van der Waals surface area contributed by atoms with Gasteiger partial charge in [0.05, 0.1) is 17.7 Å². The number of aryl methyl sites for hydroxylation is 1. The molecule has 0 aromatic heterocycles. The second-order valence-corrected chi connectivity index (χ2v) is 7.61. The van der Waals surface area contributed by atoms with Gasteiger partial charge in [-0.25, -0.2) is 0 Å². The lowest BCUT2D eigenvalue weighted by atomic mass is 10.1. The summed E-state index contributed by atoms with van der Waals surface area (Å²) in [4.78, 5) is 0. The van der Waals surface area contributed by atoms with E-state index in [1.54, 1.807) is 0 Å². The predicted molar refractivity (Wildman–Crippen MR) is 73.3 cm³/mol. The Bertz CT molecular complexity index is 488. The van der Waals surface area contributed by atoms with Gasteiger partial charge in [-0.1, -0.05) is 6.07 Å². The minimum Gasteiger partial charge on any atom is -0.598 e. The fraction of sp³-hybridized carbons (Fsp3) is 0.500. The zero-order valence-corrected chi connectivity index (χ0v) is 11.8. The fourth-order valence-electron chi connectivity index (χ4n) is 2.12. The molecule has 0 saturated heterocycles. The average Bonchev–Trinajstić information content (AvgIpc) is 2.70. The van der Waals surface area contributed by atoms with Crippen LogP contribution < -0.4 is 4.72 Å². The lowest BCUT2D eigenvalue weighted by Gasteiger charge is -2.26. The molecular formula is C14H18N2OS. The number of nitrogens with one attached hydrogen (secondary N) is 1. The summed E-state index contributed by atoms with van der Waals surface area (Å²) < 4.78 is 15.0. The van der Waals surface area contributed by atoms with Crippen molar-refractivity contribution in [3.8, 4) is 6.07 Å². The summed E-state index contributed by atoms with van der Waals surface area (Å²) in [7, 11) is 0. The molecule has 0 aliphatic heterocycles. The molecule has 0 radical (unpaired) electrons. The van der Waals surface area contributed by atoms with E-state index in [0.717, 1.165) is 12.8 Å². The van der Waals surface area contributed by atoms with Crippen LogP contribution in [0.2, 0.25) is 0 Å². The predicted octanol–water partition coefficient (Wildman–Crippen LogP) is 2.60. The van der Waals surface area contributed by atoms with Crippen LogP contribution >= 0.6 is 0 Å². The van der Waals surface area contributed by atoms with Crippen LogP contribution in [0.3, 0.4) is 0 Å². The van der Waals surface area contributed by atoms with Crippen molar-refractivity contribution >= 4 is 11.4 Å². The van der Waals surface area contributed by atoms with Gasteiger partial charge in [0, 0.05) is 11.4 Å². The Morgan fingerprint density at radius 1 is 1.44 bits per heavy atom. The summed E-state index contributed by atoms with van der Waals surface area (Å²) in [5.74, 6) is 0. The number of nitriles is 1. The number of benzene rings is 1. The van der Waals surface area contributed by atoms with Crippen molar-refractivity contribution in [1.82, 2.24) is 4.72 Å². The standard InChI is InChI=1S/C14H18N2OS/c1-14(2,3)18(17)16-13-7-5-11-8-10(9-15)4-6-12(11)13/h4,6,8,13,16H,5,7H2,1-3H3/t13-,18?/m1/s1. The molecule has 1 aliphatic rings. The van der Waals surface area contributed by atoms with Gasteiger partial charge in [0.1, 0.15) is 4.75 Å². The molecule has 18 heavy (non-hydrogen) atoms. The molecular weight excluding hydrogens is 244 g/mol. The Balaban J connectivity index is 2.15. The summed E-state index contributed by atoms with van der Waals surface area (Å²) >= 11 is -1.06. The summed E-state index contributed by atoms with van der Waals surface area (Å²) in [5.41, 5.74) is 3.09. The summed E-state index contributed by atoms with van der Waals surface area (Å²) in [6.07, 6.45) is 1.90. The van der Waals surface area contributed by atoms with Crippen molar-refractivity contribution in [2.75, 3.05) is 0 Å². The van der Waals surface area contributed by atoms with E-state index < -0.39 is 11.4 Å². The first-order chi connectivity index (χ1) is 8.41. The van der Waals surface area contributed by atoms with Crippen molar-refractivity contribution in [2.24, 2.45) is 0 Å². The van der Waals surface area contributed by atoms with Crippen LogP contribution in [0.15, 0.2) is 18.2 Å². The topological polar surface area (TPSA) is 58.9 Å². The third-order valence-electron chi connectivity index (χ3n) is 3.16. The van der Waals surface area contributed by atoms with Crippen LogP contribution in [0, 0.1) is 11.3 Å². The maximum absolute atomic E-state index is 12.1. The van der Waals surface area contributed by atoms with E-state index >= 15 is 0 Å². The van der Waals surface area contributed by atoms with Gasteiger partial charge < -0.3 is 4.55 Å². The van der Waals surface area contributed by atoms with Crippen molar-refractivity contribution in [3.63, 3.8) is 0 Å². The molecule has 1 unspecified atom stereocenters. The Hall–Kier alpha value is -1.02. The highest BCUT2D eigenvalue weighted by atomic mass is 32.2. The number of hydrogen-bond acceptors (Lipinski definition) is 3. The normalized spacial score (nSPS) is 20.3.